The number of rotatable bonds is 5. The van der Waals surface area contributed by atoms with E-state index in [2.05, 4.69) is 15.1 Å². The Balaban J connectivity index is 1.19. The molecule has 2 aromatic heterocycles. The summed E-state index contributed by atoms with van der Waals surface area (Å²) < 4.78 is 7.44. The number of carbonyl (C=O) groups excluding carboxylic acids is 1. The number of benzene rings is 1. The zero-order valence-electron chi connectivity index (χ0n) is 15.9. The molecule has 0 unspecified atom stereocenters. The molecule has 1 saturated carbocycles. The lowest BCUT2D eigenvalue weighted by Crippen LogP contribution is -2.50. The van der Waals surface area contributed by atoms with Gasteiger partial charge < -0.3 is 14.5 Å². The van der Waals surface area contributed by atoms with Crippen LogP contribution in [-0.2, 0) is 4.79 Å². The van der Waals surface area contributed by atoms with E-state index in [0.29, 0.717) is 29.8 Å². The van der Waals surface area contributed by atoms with Crippen LogP contribution < -0.4 is 9.64 Å². The minimum atomic E-state index is -0.0159. The summed E-state index contributed by atoms with van der Waals surface area (Å²) in [6.45, 7) is 2.76. The Labute approximate surface area is 173 Å². The number of halogens is 1. The molecular formula is C20H21ClN6O2. The van der Waals surface area contributed by atoms with Crippen molar-refractivity contribution in [2.45, 2.75) is 18.8 Å². The molecule has 3 aromatic rings. The van der Waals surface area contributed by atoms with E-state index in [1.807, 2.05) is 21.5 Å². The van der Waals surface area contributed by atoms with Crippen molar-refractivity contribution >= 4 is 29.0 Å². The molecule has 2 fully saturated rings. The highest BCUT2D eigenvalue weighted by molar-refractivity contribution is 6.30. The van der Waals surface area contributed by atoms with Crippen LogP contribution in [0.5, 0.6) is 5.75 Å². The molecule has 0 spiro atoms. The first kappa shape index (κ1) is 18.2. The summed E-state index contributed by atoms with van der Waals surface area (Å²) in [4.78, 5) is 16.5. The Morgan fingerprint density at radius 3 is 2.52 bits per heavy atom. The van der Waals surface area contributed by atoms with Crippen molar-refractivity contribution in [2.24, 2.45) is 0 Å². The molecule has 2 aliphatic rings. The van der Waals surface area contributed by atoms with Gasteiger partial charge in [-0.15, -0.1) is 15.3 Å². The second-order valence-electron chi connectivity index (χ2n) is 7.40. The van der Waals surface area contributed by atoms with Crippen LogP contribution in [0.15, 0.2) is 36.4 Å². The van der Waals surface area contributed by atoms with Gasteiger partial charge in [0.15, 0.2) is 18.1 Å². The van der Waals surface area contributed by atoms with Crippen molar-refractivity contribution in [2.75, 3.05) is 37.7 Å². The Morgan fingerprint density at radius 1 is 1.03 bits per heavy atom. The maximum Gasteiger partial charge on any atom is 0.260 e. The minimum Gasteiger partial charge on any atom is -0.484 e. The van der Waals surface area contributed by atoms with Gasteiger partial charge >= 0.3 is 0 Å². The molecule has 150 valence electrons. The van der Waals surface area contributed by atoms with E-state index < -0.39 is 0 Å². The third kappa shape index (κ3) is 3.85. The fourth-order valence-electron chi connectivity index (χ4n) is 3.51. The lowest BCUT2D eigenvalue weighted by Gasteiger charge is -2.35. The predicted molar refractivity (Wildman–Crippen MR) is 108 cm³/mol. The van der Waals surface area contributed by atoms with Crippen molar-refractivity contribution in [3.63, 3.8) is 0 Å². The normalized spacial score (nSPS) is 17.0. The van der Waals surface area contributed by atoms with E-state index in [9.17, 15) is 4.79 Å². The molecule has 0 bridgehead atoms. The third-order valence-electron chi connectivity index (χ3n) is 5.35. The Morgan fingerprint density at radius 2 is 1.79 bits per heavy atom. The topological polar surface area (TPSA) is 75.9 Å². The average molecular weight is 413 g/mol. The van der Waals surface area contributed by atoms with Crippen LogP contribution in [-0.4, -0.2) is 63.4 Å². The molecule has 9 heteroatoms. The number of ether oxygens (including phenoxy) is 1. The molecule has 0 atom stereocenters. The number of piperazine rings is 1. The maximum atomic E-state index is 12.5. The third-order valence-corrected chi connectivity index (χ3v) is 5.60. The largest absolute Gasteiger partial charge is 0.484 e. The summed E-state index contributed by atoms with van der Waals surface area (Å²) in [5, 5.41) is 13.9. The van der Waals surface area contributed by atoms with Crippen LogP contribution in [0.4, 0.5) is 5.82 Å². The maximum absolute atomic E-state index is 12.5. The molecule has 1 aliphatic carbocycles. The number of fused-ring (bicyclic) bond motifs is 1. The molecule has 8 nitrogen and oxygen atoms in total. The predicted octanol–water partition coefficient (Wildman–Crippen LogP) is 2.38. The van der Waals surface area contributed by atoms with Gasteiger partial charge in [0.25, 0.3) is 5.91 Å². The van der Waals surface area contributed by atoms with Gasteiger partial charge in [-0.3, -0.25) is 4.79 Å². The Kier molecular flexibility index (Phi) is 4.71. The summed E-state index contributed by atoms with van der Waals surface area (Å²) >= 11 is 5.86. The molecule has 1 aliphatic heterocycles. The number of aromatic nitrogens is 4. The van der Waals surface area contributed by atoms with Gasteiger partial charge in [0.1, 0.15) is 11.6 Å². The number of amides is 1. The number of anilines is 1. The van der Waals surface area contributed by atoms with Crippen LogP contribution in [0.3, 0.4) is 0 Å². The molecule has 1 amide bonds. The molecule has 1 aromatic carbocycles. The highest BCUT2D eigenvalue weighted by atomic mass is 35.5. The second-order valence-corrected chi connectivity index (χ2v) is 7.84. The summed E-state index contributed by atoms with van der Waals surface area (Å²) in [5.74, 6) is 2.96. The fraction of sp³-hybridized carbons (Fsp3) is 0.400. The van der Waals surface area contributed by atoms with Crippen molar-refractivity contribution in [3.8, 4) is 5.75 Å². The lowest BCUT2D eigenvalue weighted by atomic mass is 10.3. The van der Waals surface area contributed by atoms with E-state index in [1.165, 1.54) is 0 Å². The highest BCUT2D eigenvalue weighted by Gasteiger charge is 2.30. The first-order chi connectivity index (χ1) is 14.2. The van der Waals surface area contributed by atoms with Crippen LogP contribution >= 0.6 is 11.6 Å². The smallest absolute Gasteiger partial charge is 0.260 e. The van der Waals surface area contributed by atoms with Gasteiger partial charge in [0.05, 0.1) is 0 Å². The first-order valence-electron chi connectivity index (χ1n) is 9.81. The number of carbonyl (C=O) groups is 1. The minimum absolute atomic E-state index is 0.0159. The molecule has 5 rings (SSSR count). The summed E-state index contributed by atoms with van der Waals surface area (Å²) in [5.41, 5.74) is 0.781. The molecule has 29 heavy (non-hydrogen) atoms. The van der Waals surface area contributed by atoms with Gasteiger partial charge in [0, 0.05) is 37.1 Å². The zero-order valence-corrected chi connectivity index (χ0v) is 16.6. The first-order valence-corrected chi connectivity index (χ1v) is 10.2. The molecule has 0 radical (unpaired) electrons. The van der Waals surface area contributed by atoms with E-state index in [4.69, 9.17) is 21.4 Å². The summed E-state index contributed by atoms with van der Waals surface area (Å²) in [6, 6.07) is 10.9. The molecule has 1 saturated heterocycles. The van der Waals surface area contributed by atoms with Crippen molar-refractivity contribution in [1.82, 2.24) is 24.7 Å². The Bertz CT molecular complexity index is 1030. The van der Waals surface area contributed by atoms with Gasteiger partial charge in [-0.2, -0.15) is 4.52 Å². The van der Waals surface area contributed by atoms with Crippen molar-refractivity contribution in [3.05, 3.63) is 47.2 Å². The summed E-state index contributed by atoms with van der Waals surface area (Å²) in [6.07, 6.45) is 2.32. The highest BCUT2D eigenvalue weighted by Crippen LogP contribution is 2.38. The zero-order chi connectivity index (χ0) is 19.8. The van der Waals surface area contributed by atoms with Gasteiger partial charge in [0.2, 0.25) is 0 Å². The van der Waals surface area contributed by atoms with Crippen LogP contribution in [0.25, 0.3) is 5.65 Å². The standard InChI is InChI=1S/C20H21ClN6O2/c21-15-3-5-16(6-4-15)29-13-19(28)26-11-9-25(10-12-26)18-8-7-17-22-23-20(14-1-2-14)27(17)24-18/h3-8,14H,1-2,9-13H2. The molecule has 0 N–H and O–H groups in total. The number of nitrogens with zero attached hydrogens (tertiary/aromatic N) is 6. The van der Waals surface area contributed by atoms with E-state index in [1.54, 1.807) is 24.3 Å². The second kappa shape index (κ2) is 7.51. The van der Waals surface area contributed by atoms with Gasteiger partial charge in [-0.1, -0.05) is 11.6 Å². The van der Waals surface area contributed by atoms with Gasteiger partial charge in [-0.25, -0.2) is 0 Å². The fourth-order valence-corrected chi connectivity index (χ4v) is 3.64. The van der Waals surface area contributed by atoms with E-state index in [0.717, 1.165) is 43.2 Å². The van der Waals surface area contributed by atoms with Crippen LogP contribution in [0.2, 0.25) is 5.02 Å². The monoisotopic (exact) mass is 412 g/mol. The van der Waals surface area contributed by atoms with Crippen molar-refractivity contribution < 1.29 is 9.53 Å². The molecular weight excluding hydrogens is 392 g/mol. The SMILES string of the molecule is O=C(COc1ccc(Cl)cc1)N1CCN(c2ccc3nnc(C4CC4)n3n2)CC1. The number of hydrogen-bond donors (Lipinski definition) is 0. The van der Waals surface area contributed by atoms with Crippen LogP contribution in [0, 0.1) is 0 Å². The number of hydrogen-bond acceptors (Lipinski definition) is 6. The van der Waals surface area contributed by atoms with Crippen molar-refractivity contribution in [1.29, 1.82) is 0 Å². The van der Waals surface area contributed by atoms with E-state index >= 15 is 0 Å². The van der Waals surface area contributed by atoms with E-state index in [-0.39, 0.29) is 12.5 Å². The quantitative estimate of drug-likeness (QED) is 0.640. The van der Waals surface area contributed by atoms with Gasteiger partial charge in [-0.05, 0) is 49.2 Å². The lowest BCUT2D eigenvalue weighted by molar-refractivity contribution is -0.133. The average Bonchev–Trinajstić information content (AvgIpc) is 3.52. The molecule has 3 heterocycles. The summed E-state index contributed by atoms with van der Waals surface area (Å²) in [7, 11) is 0. The Hall–Kier alpha value is -2.87. The van der Waals surface area contributed by atoms with Crippen LogP contribution in [0.1, 0.15) is 24.6 Å².